The molecule has 100 valence electrons. The highest BCUT2D eigenvalue weighted by Crippen LogP contribution is 2.40. The van der Waals surface area contributed by atoms with Crippen LogP contribution in [0.3, 0.4) is 0 Å². The van der Waals surface area contributed by atoms with Crippen LogP contribution < -0.4 is 4.90 Å². The molecule has 0 N–H and O–H groups in total. The van der Waals surface area contributed by atoms with Crippen LogP contribution in [0.15, 0.2) is 0 Å². The number of halogens is 1. The number of carbonyl (C=O) groups excluding carboxylic acids is 1. The third kappa shape index (κ3) is 2.26. The van der Waals surface area contributed by atoms with E-state index in [4.69, 9.17) is 11.6 Å². The molecule has 5 heteroatoms. The van der Waals surface area contributed by atoms with Crippen LogP contribution in [0.25, 0.3) is 0 Å². The average Bonchev–Trinajstić information content (AvgIpc) is 2.80. The van der Waals surface area contributed by atoms with Gasteiger partial charge in [-0.05, 0) is 31.2 Å². The highest BCUT2D eigenvalue weighted by Gasteiger charge is 2.33. The molecular formula is C14H15ClN2OS. The second-order valence-corrected chi connectivity index (χ2v) is 6.86. The van der Waals surface area contributed by atoms with Crippen LogP contribution >= 0.6 is 22.9 Å². The van der Waals surface area contributed by atoms with Gasteiger partial charge in [0.1, 0.15) is 11.1 Å². The molecular weight excluding hydrogens is 280 g/mol. The van der Waals surface area contributed by atoms with E-state index in [9.17, 15) is 10.1 Å². The topological polar surface area (TPSA) is 44.1 Å². The highest BCUT2D eigenvalue weighted by atomic mass is 35.5. The van der Waals surface area contributed by atoms with E-state index in [0.717, 1.165) is 29.8 Å². The fourth-order valence-corrected chi connectivity index (χ4v) is 4.53. The maximum atomic E-state index is 12.0. The van der Waals surface area contributed by atoms with Gasteiger partial charge in [0.15, 0.2) is 0 Å². The van der Waals surface area contributed by atoms with E-state index in [1.807, 2.05) is 0 Å². The Labute approximate surface area is 121 Å². The SMILES string of the molecule is N#Cc1c(N2CC(Cl)CC2=O)sc2c1CCCCC2. The Morgan fingerprint density at radius 3 is 2.79 bits per heavy atom. The normalized spacial score (nSPS) is 23.1. The zero-order valence-electron chi connectivity index (χ0n) is 10.6. The molecule has 3 nitrogen and oxygen atoms in total. The zero-order valence-corrected chi connectivity index (χ0v) is 12.2. The number of aryl methyl sites for hydroxylation is 1. The molecule has 3 rings (SSSR count). The van der Waals surface area contributed by atoms with Gasteiger partial charge in [0.25, 0.3) is 0 Å². The van der Waals surface area contributed by atoms with Crippen molar-refractivity contribution in [1.29, 1.82) is 5.26 Å². The summed E-state index contributed by atoms with van der Waals surface area (Å²) in [4.78, 5) is 15.0. The number of amides is 1. The molecule has 1 aromatic heterocycles. The molecule has 1 aromatic rings. The molecule has 1 saturated heterocycles. The average molecular weight is 295 g/mol. The lowest BCUT2D eigenvalue weighted by Crippen LogP contribution is -2.24. The molecule has 0 spiro atoms. The molecule has 1 unspecified atom stereocenters. The van der Waals surface area contributed by atoms with Gasteiger partial charge in [-0.1, -0.05) is 6.42 Å². The summed E-state index contributed by atoms with van der Waals surface area (Å²) in [6.45, 7) is 0.536. The van der Waals surface area contributed by atoms with Crippen LogP contribution in [0, 0.1) is 11.3 Å². The van der Waals surface area contributed by atoms with E-state index in [0.29, 0.717) is 13.0 Å². The molecule has 1 fully saturated rings. The van der Waals surface area contributed by atoms with Crippen molar-refractivity contribution in [3.05, 3.63) is 16.0 Å². The number of fused-ring (bicyclic) bond motifs is 1. The van der Waals surface area contributed by atoms with Crippen LogP contribution in [-0.4, -0.2) is 17.8 Å². The Hall–Kier alpha value is -1.05. The number of anilines is 1. The lowest BCUT2D eigenvalue weighted by Gasteiger charge is -2.14. The summed E-state index contributed by atoms with van der Waals surface area (Å²) < 4.78 is 0. The predicted molar refractivity (Wildman–Crippen MR) is 76.9 cm³/mol. The van der Waals surface area contributed by atoms with Gasteiger partial charge >= 0.3 is 0 Å². The van der Waals surface area contributed by atoms with Crippen molar-refractivity contribution in [3.63, 3.8) is 0 Å². The first-order valence-corrected chi connectivity index (χ1v) is 7.95. The second-order valence-electron chi connectivity index (χ2n) is 5.16. The Kier molecular flexibility index (Phi) is 3.51. The molecule has 2 aliphatic rings. The molecule has 0 bridgehead atoms. The summed E-state index contributed by atoms with van der Waals surface area (Å²) in [5.41, 5.74) is 1.91. The lowest BCUT2D eigenvalue weighted by molar-refractivity contribution is -0.117. The number of nitriles is 1. The number of thiophene rings is 1. The van der Waals surface area contributed by atoms with Gasteiger partial charge in [-0.15, -0.1) is 22.9 Å². The first kappa shape index (κ1) is 13.0. The number of nitrogens with zero attached hydrogens (tertiary/aromatic N) is 2. The minimum absolute atomic E-state index is 0.0490. The van der Waals surface area contributed by atoms with Gasteiger partial charge in [0.2, 0.25) is 5.91 Å². The van der Waals surface area contributed by atoms with Crippen molar-refractivity contribution in [3.8, 4) is 6.07 Å². The van der Waals surface area contributed by atoms with Gasteiger partial charge < -0.3 is 4.90 Å². The molecule has 1 aliphatic heterocycles. The van der Waals surface area contributed by atoms with E-state index in [1.165, 1.54) is 23.3 Å². The van der Waals surface area contributed by atoms with Crippen molar-refractivity contribution in [1.82, 2.24) is 0 Å². The minimum Gasteiger partial charge on any atom is -0.301 e. The summed E-state index contributed by atoms with van der Waals surface area (Å²) >= 11 is 7.69. The molecule has 1 amide bonds. The highest BCUT2D eigenvalue weighted by molar-refractivity contribution is 7.16. The smallest absolute Gasteiger partial charge is 0.229 e. The molecule has 2 heterocycles. The second kappa shape index (κ2) is 5.15. The summed E-state index contributed by atoms with van der Waals surface area (Å²) in [5, 5.41) is 10.2. The van der Waals surface area contributed by atoms with Crippen molar-refractivity contribution >= 4 is 33.8 Å². The summed E-state index contributed by atoms with van der Waals surface area (Å²) in [7, 11) is 0. The van der Waals surface area contributed by atoms with Crippen molar-refractivity contribution in [2.75, 3.05) is 11.4 Å². The van der Waals surface area contributed by atoms with Gasteiger partial charge in [-0.3, -0.25) is 4.79 Å². The van der Waals surface area contributed by atoms with E-state index in [2.05, 4.69) is 6.07 Å². The van der Waals surface area contributed by atoms with Crippen LogP contribution in [-0.2, 0) is 17.6 Å². The van der Waals surface area contributed by atoms with Crippen LogP contribution in [0.2, 0.25) is 0 Å². The molecule has 1 atom stereocenters. The van der Waals surface area contributed by atoms with E-state index in [-0.39, 0.29) is 11.3 Å². The number of hydrogen-bond acceptors (Lipinski definition) is 3. The first-order chi connectivity index (χ1) is 9.20. The monoisotopic (exact) mass is 294 g/mol. The summed E-state index contributed by atoms with van der Waals surface area (Å²) in [5.74, 6) is 0.0490. The predicted octanol–water partition coefficient (Wildman–Crippen LogP) is 3.23. The lowest BCUT2D eigenvalue weighted by atomic mass is 10.1. The summed E-state index contributed by atoms with van der Waals surface area (Å²) in [6.07, 6.45) is 5.96. The Morgan fingerprint density at radius 1 is 1.32 bits per heavy atom. The fraction of sp³-hybridized carbons (Fsp3) is 0.571. The maximum absolute atomic E-state index is 12.0. The Balaban J connectivity index is 2.03. The first-order valence-electron chi connectivity index (χ1n) is 6.69. The largest absolute Gasteiger partial charge is 0.301 e. The van der Waals surface area contributed by atoms with Gasteiger partial charge in [0, 0.05) is 17.8 Å². The van der Waals surface area contributed by atoms with Crippen molar-refractivity contribution < 1.29 is 4.79 Å². The number of alkyl halides is 1. The number of rotatable bonds is 1. The zero-order chi connectivity index (χ0) is 13.4. The molecule has 1 aliphatic carbocycles. The minimum atomic E-state index is -0.124. The maximum Gasteiger partial charge on any atom is 0.229 e. The van der Waals surface area contributed by atoms with E-state index >= 15 is 0 Å². The van der Waals surface area contributed by atoms with Crippen LogP contribution in [0.1, 0.15) is 41.7 Å². The van der Waals surface area contributed by atoms with E-state index < -0.39 is 0 Å². The third-order valence-corrected chi connectivity index (χ3v) is 5.44. The van der Waals surface area contributed by atoms with Crippen molar-refractivity contribution in [2.24, 2.45) is 0 Å². The third-order valence-electron chi connectivity index (χ3n) is 3.84. The van der Waals surface area contributed by atoms with Gasteiger partial charge in [0.05, 0.1) is 10.9 Å². The van der Waals surface area contributed by atoms with Crippen LogP contribution in [0.5, 0.6) is 0 Å². The van der Waals surface area contributed by atoms with Crippen molar-refractivity contribution in [2.45, 2.75) is 43.9 Å². The molecule has 19 heavy (non-hydrogen) atoms. The Morgan fingerprint density at radius 2 is 2.11 bits per heavy atom. The molecule has 0 radical (unpaired) electrons. The van der Waals surface area contributed by atoms with Gasteiger partial charge in [-0.2, -0.15) is 5.26 Å². The van der Waals surface area contributed by atoms with Gasteiger partial charge in [-0.25, -0.2) is 0 Å². The van der Waals surface area contributed by atoms with E-state index in [1.54, 1.807) is 16.2 Å². The number of hydrogen-bond donors (Lipinski definition) is 0. The Bertz CT molecular complexity index is 561. The molecule has 0 saturated carbocycles. The standard InChI is InChI=1S/C14H15ClN2OS/c15-9-6-13(18)17(8-9)14-11(7-16)10-4-2-1-3-5-12(10)19-14/h9H,1-6,8H2. The fourth-order valence-electron chi connectivity index (χ4n) is 2.89. The summed E-state index contributed by atoms with van der Waals surface area (Å²) in [6, 6.07) is 2.32. The van der Waals surface area contributed by atoms with Crippen LogP contribution in [0.4, 0.5) is 5.00 Å². The number of carbonyl (C=O) groups is 1. The quantitative estimate of drug-likeness (QED) is 0.589. The molecule has 0 aromatic carbocycles.